The first-order valence-corrected chi connectivity index (χ1v) is 8.40. The van der Waals surface area contributed by atoms with E-state index in [2.05, 4.69) is 15.3 Å². The minimum atomic E-state index is -4.60. The summed E-state index contributed by atoms with van der Waals surface area (Å²) in [6.45, 7) is 2.26. The van der Waals surface area contributed by atoms with Crippen molar-refractivity contribution < 1.29 is 17.9 Å². The van der Waals surface area contributed by atoms with Crippen LogP contribution in [0.2, 0.25) is 10.0 Å². The Morgan fingerprint density at radius 2 is 1.92 bits per heavy atom. The number of nitrogens with one attached hydrogen (secondary N) is 1. The number of nitrogens with zero attached hydrogens (tertiary/aromatic N) is 2. The molecule has 0 saturated heterocycles. The van der Waals surface area contributed by atoms with E-state index >= 15 is 0 Å². The molecular formula is C17H14Cl2F3N3O. The Bertz CT molecular complexity index is 884. The minimum Gasteiger partial charge on any atom is -0.481 e. The first kappa shape index (κ1) is 18.8. The Hall–Kier alpha value is -1.99. The largest absolute Gasteiger partial charge is 0.481 e. The highest BCUT2D eigenvalue weighted by Gasteiger charge is 2.36. The minimum absolute atomic E-state index is 0.119. The van der Waals surface area contributed by atoms with Gasteiger partial charge in [0, 0.05) is 23.9 Å². The monoisotopic (exact) mass is 403 g/mol. The van der Waals surface area contributed by atoms with Gasteiger partial charge in [0.1, 0.15) is 5.69 Å². The maximum Gasteiger partial charge on any atom is 0.417 e. The Morgan fingerprint density at radius 1 is 1.19 bits per heavy atom. The summed E-state index contributed by atoms with van der Waals surface area (Å²) in [4.78, 5) is 8.78. The van der Waals surface area contributed by atoms with Gasteiger partial charge in [0.05, 0.1) is 34.5 Å². The number of halogens is 5. The number of benzodiazepines with no additional fused rings is 1. The molecule has 0 aliphatic carbocycles. The van der Waals surface area contributed by atoms with E-state index in [-0.39, 0.29) is 33.9 Å². The fourth-order valence-corrected chi connectivity index (χ4v) is 3.20. The van der Waals surface area contributed by atoms with Crippen LogP contribution in [0, 0.1) is 0 Å². The summed E-state index contributed by atoms with van der Waals surface area (Å²) in [7, 11) is 1.43. The first-order chi connectivity index (χ1) is 12.2. The second kappa shape index (κ2) is 6.96. The van der Waals surface area contributed by atoms with E-state index in [9.17, 15) is 13.2 Å². The van der Waals surface area contributed by atoms with Crippen molar-refractivity contribution in [3.63, 3.8) is 0 Å². The molecular weight excluding hydrogens is 390 g/mol. The van der Waals surface area contributed by atoms with Crippen molar-refractivity contribution in [1.29, 1.82) is 0 Å². The zero-order valence-electron chi connectivity index (χ0n) is 13.8. The summed E-state index contributed by atoms with van der Waals surface area (Å²) >= 11 is 12.4. The molecule has 0 unspecified atom stereocenters. The number of alkyl halides is 3. The maximum atomic E-state index is 13.3. The van der Waals surface area contributed by atoms with Crippen molar-refractivity contribution in [3.05, 3.63) is 51.1 Å². The first-order valence-electron chi connectivity index (χ1n) is 7.65. The fourth-order valence-electron chi connectivity index (χ4n) is 2.65. The molecule has 0 bridgehead atoms. The molecule has 0 spiro atoms. The Labute approximate surface area is 158 Å². The molecule has 0 fully saturated rings. The molecule has 2 heterocycles. The van der Waals surface area contributed by atoms with Crippen LogP contribution in [-0.2, 0) is 6.18 Å². The zero-order valence-corrected chi connectivity index (χ0v) is 15.3. The van der Waals surface area contributed by atoms with E-state index in [1.807, 2.05) is 6.92 Å². The van der Waals surface area contributed by atoms with Gasteiger partial charge in [-0.15, -0.1) is 0 Å². The predicted octanol–water partition coefficient (Wildman–Crippen LogP) is 5.07. The number of aliphatic imine (C=N–C) groups is 1. The standard InChI is InChI=1S/C17H14Cl2F3N3O/c1-8-7-23-11-5-3-9(17(20,21)22)14(19)13(11)16(24-8)15-10(18)4-6-12(25-15)26-2/h3-6,8,23H,7H2,1-2H3/t8-/m0/s1. The molecule has 4 nitrogen and oxygen atoms in total. The summed E-state index contributed by atoms with van der Waals surface area (Å²) < 4.78 is 45.1. The van der Waals surface area contributed by atoms with E-state index in [4.69, 9.17) is 27.9 Å². The highest BCUT2D eigenvalue weighted by Crippen LogP contribution is 2.41. The van der Waals surface area contributed by atoms with Crippen LogP contribution in [0.4, 0.5) is 18.9 Å². The SMILES string of the molecule is COc1ccc(Cl)c(C2=N[C@@H](C)CNc3ccc(C(F)(F)F)c(Cl)c32)n1. The number of ether oxygens (including phenoxy) is 1. The average molecular weight is 404 g/mol. The number of hydrogen-bond donors (Lipinski definition) is 1. The summed E-state index contributed by atoms with van der Waals surface area (Å²) in [5.74, 6) is 0.265. The molecule has 1 aliphatic rings. The molecule has 1 aromatic carbocycles. The number of rotatable bonds is 2. The Kier molecular flexibility index (Phi) is 5.03. The van der Waals surface area contributed by atoms with E-state index in [0.29, 0.717) is 12.2 Å². The zero-order chi connectivity index (χ0) is 19.1. The van der Waals surface area contributed by atoms with Gasteiger partial charge in [-0.2, -0.15) is 13.2 Å². The third kappa shape index (κ3) is 3.46. The van der Waals surface area contributed by atoms with Crippen LogP contribution < -0.4 is 10.1 Å². The highest BCUT2D eigenvalue weighted by atomic mass is 35.5. The summed E-state index contributed by atoms with van der Waals surface area (Å²) in [6, 6.07) is 5.16. The van der Waals surface area contributed by atoms with Crippen LogP contribution >= 0.6 is 23.2 Å². The predicted molar refractivity (Wildman–Crippen MR) is 95.8 cm³/mol. The second-order valence-electron chi connectivity index (χ2n) is 5.74. The van der Waals surface area contributed by atoms with Gasteiger partial charge < -0.3 is 10.1 Å². The molecule has 1 aliphatic heterocycles. The summed E-state index contributed by atoms with van der Waals surface area (Å²) in [5.41, 5.74) is 0.0165. The molecule has 9 heteroatoms. The number of benzene rings is 1. The van der Waals surface area contributed by atoms with Gasteiger partial charge in [0.15, 0.2) is 0 Å². The highest BCUT2D eigenvalue weighted by molar-refractivity contribution is 6.40. The molecule has 2 aromatic rings. The Morgan fingerprint density at radius 3 is 2.58 bits per heavy atom. The summed E-state index contributed by atoms with van der Waals surface area (Å²) in [6.07, 6.45) is -4.60. The number of hydrogen-bond acceptors (Lipinski definition) is 4. The number of aromatic nitrogens is 1. The average Bonchev–Trinajstić information content (AvgIpc) is 2.74. The van der Waals surface area contributed by atoms with Crippen molar-refractivity contribution in [2.45, 2.75) is 19.1 Å². The fraction of sp³-hybridized carbons (Fsp3) is 0.294. The van der Waals surface area contributed by atoms with Crippen molar-refractivity contribution in [1.82, 2.24) is 4.98 Å². The number of fused-ring (bicyclic) bond motifs is 1. The van der Waals surface area contributed by atoms with Gasteiger partial charge in [-0.1, -0.05) is 23.2 Å². The van der Waals surface area contributed by atoms with Gasteiger partial charge in [0.2, 0.25) is 5.88 Å². The van der Waals surface area contributed by atoms with Crippen LogP contribution in [-0.4, -0.2) is 30.4 Å². The van der Waals surface area contributed by atoms with Gasteiger partial charge in [-0.25, -0.2) is 4.98 Å². The lowest BCUT2D eigenvalue weighted by Crippen LogP contribution is -2.14. The topological polar surface area (TPSA) is 46.5 Å². The van der Waals surface area contributed by atoms with E-state index in [1.54, 1.807) is 12.1 Å². The van der Waals surface area contributed by atoms with Crippen LogP contribution in [0.3, 0.4) is 0 Å². The normalized spacial score (nSPS) is 17.0. The van der Waals surface area contributed by atoms with Gasteiger partial charge >= 0.3 is 6.18 Å². The molecule has 138 valence electrons. The third-order valence-electron chi connectivity index (χ3n) is 3.88. The molecule has 0 saturated carbocycles. The van der Waals surface area contributed by atoms with Crippen LogP contribution in [0.25, 0.3) is 0 Å². The van der Waals surface area contributed by atoms with Crippen LogP contribution in [0.5, 0.6) is 5.88 Å². The molecule has 0 amide bonds. The number of pyridine rings is 1. The third-order valence-corrected chi connectivity index (χ3v) is 4.57. The van der Waals surface area contributed by atoms with E-state index in [0.717, 1.165) is 6.07 Å². The van der Waals surface area contributed by atoms with Gasteiger partial charge in [-0.05, 0) is 25.1 Å². The van der Waals surface area contributed by atoms with Crippen LogP contribution in [0.15, 0.2) is 29.3 Å². The molecule has 0 radical (unpaired) electrons. The van der Waals surface area contributed by atoms with E-state index < -0.39 is 16.8 Å². The van der Waals surface area contributed by atoms with Crippen molar-refractivity contribution >= 4 is 34.6 Å². The summed E-state index contributed by atoms with van der Waals surface area (Å²) in [5, 5.41) is 2.86. The van der Waals surface area contributed by atoms with Crippen molar-refractivity contribution in [3.8, 4) is 5.88 Å². The quantitative estimate of drug-likeness (QED) is 0.761. The molecule has 26 heavy (non-hydrogen) atoms. The lowest BCUT2D eigenvalue weighted by Gasteiger charge is -2.17. The van der Waals surface area contributed by atoms with Crippen molar-refractivity contribution in [2.24, 2.45) is 4.99 Å². The van der Waals surface area contributed by atoms with Gasteiger partial charge in [0.25, 0.3) is 0 Å². The number of anilines is 1. The molecule has 1 aromatic heterocycles. The van der Waals surface area contributed by atoms with E-state index in [1.165, 1.54) is 13.2 Å². The molecule has 1 atom stereocenters. The smallest absolute Gasteiger partial charge is 0.417 e. The molecule has 3 rings (SSSR count). The lowest BCUT2D eigenvalue weighted by atomic mass is 10.0. The second-order valence-corrected chi connectivity index (χ2v) is 6.52. The van der Waals surface area contributed by atoms with Gasteiger partial charge in [-0.3, -0.25) is 4.99 Å². The van der Waals surface area contributed by atoms with Crippen LogP contribution in [0.1, 0.15) is 23.7 Å². The molecule has 1 N–H and O–H groups in total. The maximum absolute atomic E-state index is 13.3. The van der Waals surface area contributed by atoms with Crippen molar-refractivity contribution in [2.75, 3.05) is 19.0 Å². The Balaban J connectivity index is 2.30. The number of methoxy groups -OCH3 is 1. The lowest BCUT2D eigenvalue weighted by molar-refractivity contribution is -0.137.